The van der Waals surface area contributed by atoms with Crippen molar-refractivity contribution in [3.63, 3.8) is 0 Å². The number of nitrogens with zero attached hydrogens (tertiary/aromatic N) is 3. The van der Waals surface area contributed by atoms with Gasteiger partial charge in [0, 0.05) is 19.8 Å². The van der Waals surface area contributed by atoms with Crippen molar-refractivity contribution in [2.75, 3.05) is 37.0 Å². The maximum absolute atomic E-state index is 11.1. The fraction of sp³-hybridized carbons (Fsp3) is 0.800. The SMILES string of the molecule is CCNC(C)c1nnc(N(C)CCS(C)(=O)=O)o1. The van der Waals surface area contributed by atoms with E-state index in [1.165, 1.54) is 6.26 Å². The van der Waals surface area contributed by atoms with E-state index in [1.807, 2.05) is 13.8 Å². The molecule has 1 atom stereocenters. The lowest BCUT2D eigenvalue weighted by molar-refractivity contribution is 0.422. The van der Waals surface area contributed by atoms with Gasteiger partial charge in [0.1, 0.15) is 9.84 Å². The number of hydrogen-bond donors (Lipinski definition) is 1. The zero-order valence-corrected chi connectivity index (χ0v) is 12.0. The van der Waals surface area contributed by atoms with Crippen molar-refractivity contribution in [1.82, 2.24) is 15.5 Å². The van der Waals surface area contributed by atoms with Crippen molar-refractivity contribution in [2.24, 2.45) is 0 Å². The second kappa shape index (κ2) is 6.14. The lowest BCUT2D eigenvalue weighted by Gasteiger charge is -2.12. The molecule has 0 saturated heterocycles. The first-order valence-electron chi connectivity index (χ1n) is 5.79. The van der Waals surface area contributed by atoms with Crippen LogP contribution in [0.4, 0.5) is 6.01 Å². The van der Waals surface area contributed by atoms with E-state index < -0.39 is 9.84 Å². The van der Waals surface area contributed by atoms with Crippen LogP contribution in [-0.4, -0.2) is 50.8 Å². The molecule has 18 heavy (non-hydrogen) atoms. The Labute approximate surface area is 107 Å². The normalized spacial score (nSPS) is 13.6. The van der Waals surface area contributed by atoms with Gasteiger partial charge in [0.2, 0.25) is 5.89 Å². The molecule has 0 saturated carbocycles. The van der Waals surface area contributed by atoms with Gasteiger partial charge in [-0.2, -0.15) is 0 Å². The van der Waals surface area contributed by atoms with Crippen LogP contribution in [0.1, 0.15) is 25.8 Å². The average Bonchev–Trinajstić information content (AvgIpc) is 2.74. The monoisotopic (exact) mass is 276 g/mol. The zero-order valence-electron chi connectivity index (χ0n) is 11.2. The second-order valence-corrected chi connectivity index (χ2v) is 6.51. The maximum Gasteiger partial charge on any atom is 0.317 e. The number of anilines is 1. The summed E-state index contributed by atoms with van der Waals surface area (Å²) in [5.41, 5.74) is 0. The largest absolute Gasteiger partial charge is 0.406 e. The number of aromatic nitrogens is 2. The van der Waals surface area contributed by atoms with Gasteiger partial charge < -0.3 is 14.6 Å². The summed E-state index contributed by atoms with van der Waals surface area (Å²) in [5, 5.41) is 11.0. The zero-order chi connectivity index (χ0) is 13.8. The first kappa shape index (κ1) is 14.9. The van der Waals surface area contributed by atoms with Crippen molar-refractivity contribution in [3.05, 3.63) is 5.89 Å². The van der Waals surface area contributed by atoms with Gasteiger partial charge in [-0.25, -0.2) is 8.42 Å². The van der Waals surface area contributed by atoms with Crippen molar-refractivity contribution in [1.29, 1.82) is 0 Å². The van der Waals surface area contributed by atoms with Crippen LogP contribution in [0.2, 0.25) is 0 Å². The van der Waals surface area contributed by atoms with Crippen LogP contribution in [0.5, 0.6) is 0 Å². The Bertz CT molecular complexity index is 471. The summed E-state index contributed by atoms with van der Waals surface area (Å²) in [6, 6.07) is 0.318. The fourth-order valence-corrected chi connectivity index (χ4v) is 1.95. The lowest BCUT2D eigenvalue weighted by Crippen LogP contribution is -2.25. The Morgan fingerprint density at radius 3 is 2.67 bits per heavy atom. The minimum atomic E-state index is -2.99. The number of sulfone groups is 1. The molecule has 7 nitrogen and oxygen atoms in total. The van der Waals surface area contributed by atoms with Gasteiger partial charge in [0.05, 0.1) is 11.8 Å². The Morgan fingerprint density at radius 2 is 2.11 bits per heavy atom. The molecule has 0 bridgehead atoms. The Morgan fingerprint density at radius 1 is 1.44 bits per heavy atom. The average molecular weight is 276 g/mol. The molecule has 0 aliphatic rings. The molecule has 8 heteroatoms. The van der Waals surface area contributed by atoms with E-state index in [4.69, 9.17) is 4.42 Å². The van der Waals surface area contributed by atoms with Gasteiger partial charge in [-0.1, -0.05) is 12.0 Å². The highest BCUT2D eigenvalue weighted by Crippen LogP contribution is 2.15. The molecule has 0 spiro atoms. The Balaban J connectivity index is 2.62. The molecule has 104 valence electrons. The van der Waals surface area contributed by atoms with Crippen molar-refractivity contribution in [2.45, 2.75) is 19.9 Å². The Hall–Kier alpha value is -1.15. The summed E-state index contributed by atoms with van der Waals surface area (Å²) in [5.74, 6) is 0.558. The molecular weight excluding hydrogens is 256 g/mol. The lowest BCUT2D eigenvalue weighted by atomic mass is 10.3. The summed E-state index contributed by atoms with van der Waals surface area (Å²) in [6.07, 6.45) is 1.20. The highest BCUT2D eigenvalue weighted by molar-refractivity contribution is 7.90. The summed E-state index contributed by atoms with van der Waals surface area (Å²) < 4.78 is 27.6. The standard InChI is InChI=1S/C10H20N4O3S/c1-5-11-8(2)9-12-13-10(17-9)14(3)6-7-18(4,15)16/h8,11H,5-7H2,1-4H3. The highest BCUT2D eigenvalue weighted by Gasteiger charge is 2.16. The molecule has 1 unspecified atom stereocenters. The predicted molar refractivity (Wildman–Crippen MR) is 69.4 cm³/mol. The summed E-state index contributed by atoms with van der Waals surface area (Å²) in [7, 11) is -1.27. The summed E-state index contributed by atoms with van der Waals surface area (Å²) >= 11 is 0. The van der Waals surface area contributed by atoms with Gasteiger partial charge >= 0.3 is 6.01 Å². The molecule has 0 aromatic carbocycles. The highest BCUT2D eigenvalue weighted by atomic mass is 32.2. The number of rotatable bonds is 7. The van der Waals surface area contributed by atoms with Gasteiger partial charge in [-0.15, -0.1) is 5.10 Å². The fourth-order valence-electron chi connectivity index (χ4n) is 1.35. The summed E-state index contributed by atoms with van der Waals surface area (Å²) in [4.78, 5) is 1.64. The van der Waals surface area contributed by atoms with Crippen LogP contribution in [0.3, 0.4) is 0 Å². The van der Waals surface area contributed by atoms with Crippen LogP contribution in [0.25, 0.3) is 0 Å². The minimum Gasteiger partial charge on any atom is -0.406 e. The van der Waals surface area contributed by atoms with Gasteiger partial charge in [0.15, 0.2) is 0 Å². The van der Waals surface area contributed by atoms with Crippen molar-refractivity contribution in [3.8, 4) is 0 Å². The topological polar surface area (TPSA) is 88.3 Å². The molecular formula is C10H20N4O3S. The van der Waals surface area contributed by atoms with E-state index >= 15 is 0 Å². The minimum absolute atomic E-state index is 0.0143. The van der Waals surface area contributed by atoms with Crippen LogP contribution in [0.15, 0.2) is 4.42 Å². The quantitative estimate of drug-likeness (QED) is 0.762. The van der Waals surface area contributed by atoms with E-state index in [0.29, 0.717) is 18.5 Å². The second-order valence-electron chi connectivity index (χ2n) is 4.25. The molecule has 0 amide bonds. The van der Waals surface area contributed by atoms with E-state index in [2.05, 4.69) is 15.5 Å². The van der Waals surface area contributed by atoms with Gasteiger partial charge in [0.25, 0.3) is 0 Å². The molecule has 0 fully saturated rings. The van der Waals surface area contributed by atoms with E-state index in [-0.39, 0.29) is 11.8 Å². The van der Waals surface area contributed by atoms with Crippen LogP contribution in [0, 0.1) is 0 Å². The number of hydrogen-bond acceptors (Lipinski definition) is 7. The third-order valence-corrected chi connectivity index (χ3v) is 3.36. The van der Waals surface area contributed by atoms with E-state index in [9.17, 15) is 8.42 Å². The molecule has 1 aromatic rings. The number of nitrogens with one attached hydrogen (secondary N) is 1. The van der Waals surface area contributed by atoms with Crippen LogP contribution < -0.4 is 10.2 Å². The summed E-state index contributed by atoms with van der Waals surface area (Å²) in [6.45, 7) is 5.06. The maximum atomic E-state index is 11.1. The van der Waals surface area contributed by atoms with E-state index in [0.717, 1.165) is 6.54 Å². The predicted octanol–water partition coefficient (Wildman–Crippen LogP) is 0.221. The molecule has 0 aliphatic carbocycles. The van der Waals surface area contributed by atoms with Crippen LogP contribution >= 0.6 is 0 Å². The molecule has 1 heterocycles. The smallest absolute Gasteiger partial charge is 0.317 e. The van der Waals surface area contributed by atoms with Crippen molar-refractivity contribution < 1.29 is 12.8 Å². The first-order chi connectivity index (χ1) is 8.33. The van der Waals surface area contributed by atoms with Crippen LogP contribution in [-0.2, 0) is 9.84 Å². The third kappa shape index (κ3) is 4.61. The van der Waals surface area contributed by atoms with E-state index in [1.54, 1.807) is 11.9 Å². The molecule has 0 radical (unpaired) electrons. The molecule has 1 aromatic heterocycles. The van der Waals surface area contributed by atoms with Gasteiger partial charge in [-0.3, -0.25) is 0 Å². The molecule has 1 rings (SSSR count). The van der Waals surface area contributed by atoms with Crippen molar-refractivity contribution >= 4 is 15.9 Å². The third-order valence-electron chi connectivity index (χ3n) is 2.43. The van der Waals surface area contributed by atoms with Gasteiger partial charge in [-0.05, 0) is 13.5 Å². The Kier molecular flexibility index (Phi) is 5.09. The molecule has 1 N–H and O–H groups in total. The first-order valence-corrected chi connectivity index (χ1v) is 7.85. The molecule has 0 aliphatic heterocycles.